The molecule has 0 aromatic heterocycles. The van der Waals surface area contributed by atoms with E-state index in [1.807, 2.05) is 0 Å². The standard InChI is InChI=1S/C12H12Cl2N2O3/c1-12(2,7-15)3-4-19-11-6-9(14)8(13)5-10(11)16(17)18/h5-6H,3-4H2,1-2H3. The molecule has 0 heterocycles. The molecule has 0 amide bonds. The highest BCUT2D eigenvalue weighted by Crippen LogP contribution is 2.36. The molecule has 19 heavy (non-hydrogen) atoms. The van der Waals surface area contributed by atoms with Gasteiger partial charge in [0.2, 0.25) is 0 Å². The molecule has 0 N–H and O–H groups in total. The van der Waals surface area contributed by atoms with Crippen LogP contribution in [0.5, 0.6) is 5.75 Å². The van der Waals surface area contributed by atoms with Crippen molar-refractivity contribution in [1.82, 2.24) is 0 Å². The van der Waals surface area contributed by atoms with Crippen LogP contribution >= 0.6 is 23.2 Å². The summed E-state index contributed by atoms with van der Waals surface area (Å²) in [7, 11) is 0. The minimum absolute atomic E-state index is 0.0492. The van der Waals surface area contributed by atoms with Crippen LogP contribution in [0.15, 0.2) is 12.1 Å². The third-order valence-corrected chi connectivity index (χ3v) is 3.21. The van der Waals surface area contributed by atoms with Crippen molar-refractivity contribution in [2.75, 3.05) is 6.61 Å². The molecular formula is C12H12Cl2N2O3. The molecule has 0 atom stereocenters. The summed E-state index contributed by atoms with van der Waals surface area (Å²) in [6.45, 7) is 3.71. The van der Waals surface area contributed by atoms with Gasteiger partial charge in [0, 0.05) is 12.1 Å². The highest BCUT2D eigenvalue weighted by atomic mass is 35.5. The molecule has 7 heteroatoms. The minimum Gasteiger partial charge on any atom is -0.487 e. The minimum atomic E-state index is -0.590. The van der Waals surface area contributed by atoms with E-state index in [4.69, 9.17) is 33.2 Å². The molecular weight excluding hydrogens is 291 g/mol. The normalized spacial score (nSPS) is 10.9. The van der Waals surface area contributed by atoms with Gasteiger partial charge in [0.05, 0.1) is 33.1 Å². The first-order valence-corrected chi connectivity index (χ1v) is 6.20. The van der Waals surface area contributed by atoms with Gasteiger partial charge in [-0.15, -0.1) is 0 Å². The lowest BCUT2D eigenvalue weighted by atomic mass is 9.92. The van der Waals surface area contributed by atoms with Crippen LogP contribution in [0.3, 0.4) is 0 Å². The lowest BCUT2D eigenvalue weighted by molar-refractivity contribution is -0.385. The predicted molar refractivity (Wildman–Crippen MR) is 72.6 cm³/mol. The zero-order valence-corrected chi connectivity index (χ0v) is 12.0. The summed E-state index contributed by atoms with van der Waals surface area (Å²) in [5, 5.41) is 20.0. The highest BCUT2D eigenvalue weighted by molar-refractivity contribution is 6.42. The second kappa shape index (κ2) is 6.09. The molecule has 0 aliphatic carbocycles. The largest absolute Gasteiger partial charge is 0.487 e. The molecule has 1 aromatic carbocycles. The van der Waals surface area contributed by atoms with Crippen molar-refractivity contribution in [1.29, 1.82) is 5.26 Å². The Kier molecular flexibility index (Phi) is 4.98. The number of hydrogen-bond donors (Lipinski definition) is 0. The van der Waals surface area contributed by atoms with Crippen molar-refractivity contribution in [3.8, 4) is 11.8 Å². The van der Waals surface area contributed by atoms with Crippen LogP contribution in [-0.2, 0) is 0 Å². The summed E-state index contributed by atoms with van der Waals surface area (Å²) in [4.78, 5) is 10.3. The number of benzene rings is 1. The van der Waals surface area contributed by atoms with Gasteiger partial charge in [0.15, 0.2) is 5.75 Å². The van der Waals surface area contributed by atoms with Crippen molar-refractivity contribution in [3.05, 3.63) is 32.3 Å². The molecule has 102 valence electrons. The van der Waals surface area contributed by atoms with Gasteiger partial charge in [-0.2, -0.15) is 5.26 Å². The van der Waals surface area contributed by atoms with Gasteiger partial charge in [-0.05, 0) is 20.3 Å². The van der Waals surface area contributed by atoms with Crippen molar-refractivity contribution in [3.63, 3.8) is 0 Å². The molecule has 1 aromatic rings. The lowest BCUT2D eigenvalue weighted by Crippen LogP contribution is -2.13. The quantitative estimate of drug-likeness (QED) is 0.602. The number of ether oxygens (including phenoxy) is 1. The molecule has 1 rings (SSSR count). The Morgan fingerprint density at radius 2 is 2.00 bits per heavy atom. The van der Waals surface area contributed by atoms with E-state index in [0.29, 0.717) is 6.42 Å². The second-order valence-electron chi connectivity index (χ2n) is 4.59. The Hall–Kier alpha value is -1.51. The first kappa shape index (κ1) is 15.5. The average Bonchev–Trinajstić information content (AvgIpc) is 2.32. The van der Waals surface area contributed by atoms with E-state index in [1.165, 1.54) is 6.07 Å². The molecule has 0 radical (unpaired) electrons. The third kappa shape index (κ3) is 4.27. The van der Waals surface area contributed by atoms with Crippen molar-refractivity contribution in [2.45, 2.75) is 20.3 Å². The third-order valence-electron chi connectivity index (χ3n) is 2.49. The van der Waals surface area contributed by atoms with Crippen molar-refractivity contribution >= 4 is 28.9 Å². The topological polar surface area (TPSA) is 76.2 Å². The van der Waals surface area contributed by atoms with E-state index in [2.05, 4.69) is 6.07 Å². The SMILES string of the molecule is CC(C)(C#N)CCOc1cc(Cl)c(Cl)cc1[N+](=O)[O-]. The van der Waals surface area contributed by atoms with Crippen molar-refractivity contribution in [2.24, 2.45) is 5.41 Å². The molecule has 0 aliphatic heterocycles. The van der Waals surface area contributed by atoms with Crippen molar-refractivity contribution < 1.29 is 9.66 Å². The van der Waals surface area contributed by atoms with Crippen LogP contribution in [-0.4, -0.2) is 11.5 Å². The van der Waals surface area contributed by atoms with Gasteiger partial charge in [-0.3, -0.25) is 10.1 Å². The molecule has 0 unspecified atom stereocenters. The zero-order chi connectivity index (χ0) is 14.6. The van der Waals surface area contributed by atoms with Gasteiger partial charge in [-0.25, -0.2) is 0 Å². The van der Waals surface area contributed by atoms with E-state index in [0.717, 1.165) is 6.07 Å². The maximum Gasteiger partial charge on any atom is 0.312 e. The second-order valence-corrected chi connectivity index (χ2v) is 5.40. The van der Waals surface area contributed by atoms with Crippen LogP contribution in [0.25, 0.3) is 0 Å². The number of nitro groups is 1. The van der Waals surface area contributed by atoms with E-state index in [9.17, 15) is 10.1 Å². The summed E-state index contributed by atoms with van der Waals surface area (Å²) in [6, 6.07) is 4.58. The average molecular weight is 303 g/mol. The number of nitrogens with zero attached hydrogens (tertiary/aromatic N) is 2. The van der Waals surface area contributed by atoms with Gasteiger partial charge in [0.25, 0.3) is 0 Å². The lowest BCUT2D eigenvalue weighted by Gasteiger charge is -2.15. The van der Waals surface area contributed by atoms with E-state index in [1.54, 1.807) is 13.8 Å². The fourth-order valence-electron chi connectivity index (χ4n) is 1.25. The number of rotatable bonds is 5. The van der Waals surface area contributed by atoms with Crippen LogP contribution in [0, 0.1) is 26.9 Å². The Morgan fingerprint density at radius 3 is 2.53 bits per heavy atom. The summed E-state index contributed by atoms with van der Waals surface area (Å²) in [6.07, 6.45) is 0.445. The zero-order valence-electron chi connectivity index (χ0n) is 10.4. The van der Waals surface area contributed by atoms with Gasteiger partial charge >= 0.3 is 5.69 Å². The smallest absolute Gasteiger partial charge is 0.312 e. The summed E-state index contributed by atoms with van der Waals surface area (Å²) >= 11 is 11.5. The maximum absolute atomic E-state index is 10.9. The summed E-state index contributed by atoms with van der Waals surface area (Å²) < 4.78 is 5.34. The van der Waals surface area contributed by atoms with Gasteiger partial charge < -0.3 is 4.74 Å². The Bertz CT molecular complexity index is 539. The van der Waals surface area contributed by atoms with Gasteiger partial charge in [0.1, 0.15) is 0 Å². The van der Waals surface area contributed by atoms with E-state index < -0.39 is 10.3 Å². The highest BCUT2D eigenvalue weighted by Gasteiger charge is 2.21. The molecule has 0 saturated heterocycles. The Labute approximate surface area is 120 Å². The first-order chi connectivity index (χ1) is 8.76. The predicted octanol–water partition coefficient (Wildman–Crippen LogP) is 4.22. The fourth-order valence-corrected chi connectivity index (χ4v) is 1.56. The van der Waals surface area contributed by atoms with E-state index >= 15 is 0 Å². The van der Waals surface area contributed by atoms with Crippen LogP contribution in [0.1, 0.15) is 20.3 Å². The number of halogens is 2. The maximum atomic E-state index is 10.9. The van der Waals surface area contributed by atoms with Crippen LogP contribution in [0.2, 0.25) is 10.0 Å². The number of nitriles is 1. The molecule has 0 aliphatic rings. The van der Waals surface area contributed by atoms with Gasteiger partial charge in [-0.1, -0.05) is 23.2 Å². The molecule has 0 fully saturated rings. The summed E-state index contributed by atoms with van der Waals surface area (Å²) in [5.74, 6) is 0.0492. The number of hydrogen-bond acceptors (Lipinski definition) is 4. The molecule has 5 nitrogen and oxygen atoms in total. The van der Waals surface area contributed by atoms with Crippen LogP contribution < -0.4 is 4.74 Å². The molecule has 0 bridgehead atoms. The number of nitro benzene ring substituents is 1. The molecule has 0 spiro atoms. The first-order valence-electron chi connectivity index (χ1n) is 5.44. The van der Waals surface area contributed by atoms with Crippen LogP contribution in [0.4, 0.5) is 5.69 Å². The Balaban J connectivity index is 2.87. The van der Waals surface area contributed by atoms with E-state index in [-0.39, 0.29) is 28.1 Å². The monoisotopic (exact) mass is 302 g/mol. The summed E-state index contributed by atoms with van der Waals surface area (Å²) in [5.41, 5.74) is -0.797. The fraction of sp³-hybridized carbons (Fsp3) is 0.417. The molecule has 0 saturated carbocycles. The Morgan fingerprint density at radius 1 is 1.42 bits per heavy atom.